The van der Waals surface area contributed by atoms with E-state index in [1.54, 1.807) is 12.1 Å². The average Bonchev–Trinajstić information content (AvgIpc) is 2.47. The molecule has 1 N–H and O–H groups in total. The number of nitrogens with one attached hydrogen (secondary N) is 1. The molecule has 0 amide bonds. The molecule has 2 unspecified atom stereocenters. The van der Waals surface area contributed by atoms with Crippen LogP contribution in [0.5, 0.6) is 0 Å². The molecule has 0 bridgehead atoms. The Morgan fingerprint density at radius 2 is 2.10 bits per heavy atom. The fraction of sp³-hybridized carbons (Fsp3) is 0.600. The highest BCUT2D eigenvalue weighted by Gasteiger charge is 2.31. The molecule has 20 heavy (non-hydrogen) atoms. The number of nitro benzene ring substituents is 1. The van der Waals surface area contributed by atoms with Gasteiger partial charge in [0.15, 0.2) is 0 Å². The first-order valence-electron chi connectivity index (χ1n) is 7.30. The van der Waals surface area contributed by atoms with Crippen molar-refractivity contribution in [1.82, 2.24) is 10.2 Å². The molecule has 0 spiro atoms. The quantitative estimate of drug-likeness (QED) is 0.664. The van der Waals surface area contributed by atoms with Gasteiger partial charge in [0.1, 0.15) is 0 Å². The van der Waals surface area contributed by atoms with Gasteiger partial charge in [-0.05, 0) is 51.0 Å². The van der Waals surface area contributed by atoms with E-state index in [-0.39, 0.29) is 10.6 Å². The number of rotatable bonds is 5. The predicted octanol–water partition coefficient (Wildman–Crippen LogP) is 2.59. The predicted molar refractivity (Wildman–Crippen MR) is 79.7 cm³/mol. The zero-order valence-corrected chi connectivity index (χ0v) is 12.2. The molecule has 2 atom stereocenters. The van der Waals surface area contributed by atoms with Gasteiger partial charge < -0.3 is 5.32 Å². The zero-order valence-electron chi connectivity index (χ0n) is 12.2. The standard InChI is InChI=1S/C15H23N3O2/c1-3-17-10-4-5-13(11-16-2)15(17)12-6-8-14(9-7-12)18(19)20/h6-9,13,15-16H,3-5,10-11H2,1-2H3. The molecule has 5 nitrogen and oxygen atoms in total. The average molecular weight is 277 g/mol. The fourth-order valence-electron chi connectivity index (χ4n) is 3.26. The zero-order chi connectivity index (χ0) is 14.5. The van der Waals surface area contributed by atoms with E-state index in [9.17, 15) is 10.1 Å². The normalized spacial score (nSPS) is 23.7. The van der Waals surface area contributed by atoms with Gasteiger partial charge in [-0.25, -0.2) is 0 Å². The number of piperidine rings is 1. The van der Waals surface area contributed by atoms with E-state index < -0.39 is 0 Å². The number of nitrogens with zero attached hydrogens (tertiary/aromatic N) is 2. The van der Waals surface area contributed by atoms with Crippen molar-refractivity contribution in [2.45, 2.75) is 25.8 Å². The number of benzene rings is 1. The van der Waals surface area contributed by atoms with Crippen molar-refractivity contribution in [2.75, 3.05) is 26.7 Å². The Hall–Kier alpha value is -1.46. The van der Waals surface area contributed by atoms with Crippen LogP contribution in [0, 0.1) is 16.0 Å². The summed E-state index contributed by atoms with van der Waals surface area (Å²) in [6.07, 6.45) is 2.43. The van der Waals surface area contributed by atoms with Crippen molar-refractivity contribution in [3.05, 3.63) is 39.9 Å². The Balaban J connectivity index is 2.25. The van der Waals surface area contributed by atoms with Crippen LogP contribution in [-0.2, 0) is 0 Å². The molecule has 2 rings (SSSR count). The molecule has 1 aromatic carbocycles. The highest BCUT2D eigenvalue weighted by Crippen LogP contribution is 2.36. The fourth-order valence-corrected chi connectivity index (χ4v) is 3.26. The molecule has 5 heteroatoms. The van der Waals surface area contributed by atoms with Gasteiger partial charge in [-0.2, -0.15) is 0 Å². The summed E-state index contributed by atoms with van der Waals surface area (Å²) in [6, 6.07) is 7.43. The maximum atomic E-state index is 10.8. The first-order valence-corrected chi connectivity index (χ1v) is 7.30. The summed E-state index contributed by atoms with van der Waals surface area (Å²) in [5.74, 6) is 0.565. The van der Waals surface area contributed by atoms with Gasteiger partial charge in [-0.15, -0.1) is 0 Å². The van der Waals surface area contributed by atoms with E-state index in [0.29, 0.717) is 12.0 Å². The van der Waals surface area contributed by atoms with Crippen LogP contribution in [0.15, 0.2) is 24.3 Å². The molecule has 1 fully saturated rings. The molecule has 1 heterocycles. The van der Waals surface area contributed by atoms with Crippen molar-refractivity contribution in [3.8, 4) is 0 Å². The van der Waals surface area contributed by atoms with E-state index in [0.717, 1.165) is 19.6 Å². The third kappa shape index (κ3) is 3.16. The maximum absolute atomic E-state index is 10.8. The number of hydrogen-bond donors (Lipinski definition) is 1. The van der Waals surface area contributed by atoms with Crippen LogP contribution in [0.1, 0.15) is 31.4 Å². The third-order valence-electron chi connectivity index (χ3n) is 4.18. The largest absolute Gasteiger partial charge is 0.319 e. The van der Waals surface area contributed by atoms with Crippen molar-refractivity contribution >= 4 is 5.69 Å². The van der Waals surface area contributed by atoms with Crippen molar-refractivity contribution < 1.29 is 4.92 Å². The highest BCUT2D eigenvalue weighted by atomic mass is 16.6. The van der Waals surface area contributed by atoms with E-state index in [4.69, 9.17) is 0 Å². The molecule has 0 aromatic heterocycles. The number of non-ortho nitro benzene ring substituents is 1. The summed E-state index contributed by atoms with van der Waals surface area (Å²) in [4.78, 5) is 12.9. The minimum atomic E-state index is -0.340. The molecule has 1 aliphatic heterocycles. The van der Waals surface area contributed by atoms with E-state index in [1.165, 1.54) is 18.4 Å². The van der Waals surface area contributed by atoms with Crippen LogP contribution < -0.4 is 5.32 Å². The van der Waals surface area contributed by atoms with Gasteiger partial charge in [0.25, 0.3) is 5.69 Å². The van der Waals surface area contributed by atoms with Crippen molar-refractivity contribution in [2.24, 2.45) is 5.92 Å². The van der Waals surface area contributed by atoms with E-state index in [2.05, 4.69) is 17.1 Å². The van der Waals surface area contributed by atoms with Gasteiger partial charge in [0, 0.05) is 18.2 Å². The van der Waals surface area contributed by atoms with Crippen LogP contribution >= 0.6 is 0 Å². The van der Waals surface area contributed by atoms with Gasteiger partial charge in [0.2, 0.25) is 0 Å². The lowest BCUT2D eigenvalue weighted by atomic mass is 9.84. The lowest BCUT2D eigenvalue weighted by Crippen LogP contribution is -2.41. The van der Waals surface area contributed by atoms with Gasteiger partial charge >= 0.3 is 0 Å². The second-order valence-electron chi connectivity index (χ2n) is 5.38. The second kappa shape index (κ2) is 6.81. The Labute approximate surface area is 120 Å². The molecule has 0 radical (unpaired) electrons. The molecule has 0 aliphatic carbocycles. The van der Waals surface area contributed by atoms with Crippen molar-refractivity contribution in [1.29, 1.82) is 0 Å². The smallest absolute Gasteiger partial charge is 0.269 e. The lowest BCUT2D eigenvalue weighted by Gasteiger charge is -2.41. The minimum Gasteiger partial charge on any atom is -0.319 e. The van der Waals surface area contributed by atoms with Crippen LogP contribution in [0.2, 0.25) is 0 Å². The van der Waals surface area contributed by atoms with Crippen LogP contribution in [0.25, 0.3) is 0 Å². The molecular weight excluding hydrogens is 254 g/mol. The first kappa shape index (κ1) is 14.9. The lowest BCUT2D eigenvalue weighted by molar-refractivity contribution is -0.384. The molecule has 1 aromatic rings. The Morgan fingerprint density at radius 1 is 1.40 bits per heavy atom. The van der Waals surface area contributed by atoms with Crippen LogP contribution in [0.4, 0.5) is 5.69 Å². The summed E-state index contributed by atoms with van der Waals surface area (Å²) >= 11 is 0. The summed E-state index contributed by atoms with van der Waals surface area (Å²) < 4.78 is 0. The Bertz CT molecular complexity index is 445. The third-order valence-corrected chi connectivity index (χ3v) is 4.18. The first-order chi connectivity index (χ1) is 9.67. The van der Waals surface area contributed by atoms with E-state index in [1.807, 2.05) is 19.2 Å². The van der Waals surface area contributed by atoms with Crippen LogP contribution in [-0.4, -0.2) is 36.5 Å². The molecule has 110 valence electrons. The molecule has 1 aliphatic rings. The van der Waals surface area contributed by atoms with Crippen LogP contribution in [0.3, 0.4) is 0 Å². The monoisotopic (exact) mass is 277 g/mol. The molecule has 1 saturated heterocycles. The molecular formula is C15H23N3O2. The van der Waals surface area contributed by atoms with Crippen molar-refractivity contribution in [3.63, 3.8) is 0 Å². The summed E-state index contributed by atoms with van der Waals surface area (Å²) in [5, 5.41) is 14.0. The second-order valence-corrected chi connectivity index (χ2v) is 5.38. The SMILES string of the molecule is CCN1CCCC(CNC)C1c1ccc([N+](=O)[O-])cc1. The topological polar surface area (TPSA) is 58.4 Å². The summed E-state index contributed by atoms with van der Waals surface area (Å²) in [7, 11) is 1.98. The summed E-state index contributed by atoms with van der Waals surface area (Å²) in [5.41, 5.74) is 1.36. The van der Waals surface area contributed by atoms with E-state index >= 15 is 0 Å². The van der Waals surface area contributed by atoms with Gasteiger partial charge in [-0.3, -0.25) is 15.0 Å². The number of likely N-dealkylation sites (tertiary alicyclic amines) is 1. The Morgan fingerprint density at radius 3 is 2.65 bits per heavy atom. The summed E-state index contributed by atoms with van der Waals surface area (Å²) in [6.45, 7) is 5.29. The number of nitro groups is 1. The minimum absolute atomic E-state index is 0.165. The van der Waals surface area contributed by atoms with Gasteiger partial charge in [0.05, 0.1) is 4.92 Å². The maximum Gasteiger partial charge on any atom is 0.269 e. The Kier molecular flexibility index (Phi) is 5.09. The van der Waals surface area contributed by atoms with Gasteiger partial charge in [-0.1, -0.05) is 19.1 Å². The highest BCUT2D eigenvalue weighted by molar-refractivity contribution is 5.34. The number of hydrogen-bond acceptors (Lipinski definition) is 4. The molecule has 0 saturated carbocycles.